The molecule has 0 spiro atoms. The maximum Gasteiger partial charge on any atom is 0.224 e. The van der Waals surface area contributed by atoms with E-state index in [1.165, 1.54) is 4.52 Å². The zero-order valence-electron chi connectivity index (χ0n) is 6.32. The van der Waals surface area contributed by atoms with Gasteiger partial charge in [-0.3, -0.25) is 0 Å². The van der Waals surface area contributed by atoms with Gasteiger partial charge in [0.25, 0.3) is 0 Å². The SMILES string of the molecule is Cc1nc(N)n2ncc(I)c2n1. The molecule has 2 aromatic heterocycles. The number of aryl methyl sites for hydroxylation is 1. The zero-order valence-corrected chi connectivity index (χ0v) is 8.48. The van der Waals surface area contributed by atoms with Crippen LogP contribution >= 0.6 is 22.6 Å². The number of aromatic nitrogens is 4. The molecule has 2 aromatic rings. The highest BCUT2D eigenvalue weighted by Gasteiger charge is 2.06. The van der Waals surface area contributed by atoms with Gasteiger partial charge in [-0.25, -0.2) is 4.98 Å². The molecule has 0 saturated heterocycles. The third-order valence-corrected chi connectivity index (χ3v) is 2.22. The third kappa shape index (κ3) is 1.02. The summed E-state index contributed by atoms with van der Waals surface area (Å²) in [4.78, 5) is 8.18. The quantitative estimate of drug-likeness (QED) is 0.715. The number of halogens is 1. The van der Waals surface area contributed by atoms with Crippen LogP contribution in [0.2, 0.25) is 0 Å². The Labute approximate surface area is 82.1 Å². The van der Waals surface area contributed by atoms with Crippen LogP contribution in [0, 0.1) is 10.5 Å². The second kappa shape index (κ2) is 2.54. The summed E-state index contributed by atoms with van der Waals surface area (Å²) in [5, 5.41) is 4.02. The Morgan fingerprint density at radius 3 is 3.00 bits per heavy atom. The predicted octanol–water partition coefficient (Wildman–Crippen LogP) is 0.620. The molecule has 0 unspecified atom stereocenters. The van der Waals surface area contributed by atoms with Crippen LogP contribution in [0.3, 0.4) is 0 Å². The zero-order chi connectivity index (χ0) is 8.72. The fraction of sp³-hybridized carbons (Fsp3) is 0.167. The van der Waals surface area contributed by atoms with Gasteiger partial charge < -0.3 is 5.73 Å². The van der Waals surface area contributed by atoms with Crippen molar-refractivity contribution in [2.24, 2.45) is 0 Å². The van der Waals surface area contributed by atoms with E-state index in [4.69, 9.17) is 5.73 Å². The standard InChI is InChI=1S/C6H6IN5/c1-3-10-5-4(7)2-9-12(5)6(8)11-3/h2H,1H3,(H2,8,10,11). The van der Waals surface area contributed by atoms with E-state index in [0.717, 1.165) is 9.22 Å². The van der Waals surface area contributed by atoms with Gasteiger partial charge in [0.2, 0.25) is 5.95 Å². The van der Waals surface area contributed by atoms with Gasteiger partial charge in [0.1, 0.15) is 5.82 Å². The van der Waals surface area contributed by atoms with Gasteiger partial charge in [0.15, 0.2) is 5.65 Å². The Balaban J connectivity index is 2.92. The molecule has 2 rings (SSSR count). The number of hydrogen-bond donors (Lipinski definition) is 1. The van der Waals surface area contributed by atoms with Gasteiger partial charge in [-0.15, -0.1) is 0 Å². The highest BCUT2D eigenvalue weighted by Crippen LogP contribution is 2.12. The van der Waals surface area contributed by atoms with Crippen LogP contribution in [0.1, 0.15) is 5.82 Å². The average Bonchev–Trinajstić information content (AvgIpc) is 2.33. The minimum atomic E-state index is 0.375. The summed E-state index contributed by atoms with van der Waals surface area (Å²) in [6.45, 7) is 1.80. The molecule has 0 amide bonds. The molecular formula is C6H6IN5. The van der Waals surface area contributed by atoms with Crippen molar-refractivity contribution in [3.05, 3.63) is 15.6 Å². The lowest BCUT2D eigenvalue weighted by atomic mass is 10.6. The second-order valence-corrected chi connectivity index (χ2v) is 3.52. The summed E-state index contributed by atoms with van der Waals surface area (Å²) in [7, 11) is 0. The molecule has 0 atom stereocenters. The highest BCUT2D eigenvalue weighted by molar-refractivity contribution is 14.1. The molecule has 0 bridgehead atoms. The van der Waals surface area contributed by atoms with Crippen molar-refractivity contribution in [1.82, 2.24) is 19.6 Å². The van der Waals surface area contributed by atoms with Crippen LogP contribution in [0.4, 0.5) is 5.95 Å². The van der Waals surface area contributed by atoms with E-state index in [1.54, 1.807) is 13.1 Å². The molecule has 0 aliphatic carbocycles. The summed E-state index contributed by atoms with van der Waals surface area (Å²) in [6.07, 6.45) is 1.71. The van der Waals surface area contributed by atoms with E-state index in [9.17, 15) is 0 Å². The minimum Gasteiger partial charge on any atom is -0.368 e. The second-order valence-electron chi connectivity index (χ2n) is 2.36. The normalized spacial score (nSPS) is 10.8. The van der Waals surface area contributed by atoms with Gasteiger partial charge in [0.05, 0.1) is 9.77 Å². The van der Waals surface area contributed by atoms with Crippen LogP contribution in [0.5, 0.6) is 0 Å². The third-order valence-electron chi connectivity index (χ3n) is 1.46. The molecule has 0 aromatic carbocycles. The number of anilines is 1. The van der Waals surface area contributed by atoms with Gasteiger partial charge in [-0.2, -0.15) is 14.6 Å². The monoisotopic (exact) mass is 275 g/mol. The van der Waals surface area contributed by atoms with Crippen LogP contribution in [0.25, 0.3) is 5.65 Å². The molecule has 2 heterocycles. The number of hydrogen-bond acceptors (Lipinski definition) is 4. The molecule has 0 radical (unpaired) electrons. The van der Waals surface area contributed by atoms with Crippen molar-refractivity contribution >= 4 is 34.2 Å². The molecule has 0 fully saturated rings. The number of rotatable bonds is 0. The fourth-order valence-corrected chi connectivity index (χ4v) is 1.46. The van der Waals surface area contributed by atoms with Gasteiger partial charge in [0, 0.05) is 0 Å². The lowest BCUT2D eigenvalue weighted by Crippen LogP contribution is -2.05. The Hall–Kier alpha value is -0.920. The van der Waals surface area contributed by atoms with Gasteiger partial charge in [-0.05, 0) is 29.5 Å². The van der Waals surface area contributed by atoms with E-state index < -0.39 is 0 Å². The number of nitrogen functional groups attached to an aromatic ring is 1. The summed E-state index contributed by atoms with van der Waals surface area (Å²) in [6, 6.07) is 0. The lowest BCUT2D eigenvalue weighted by Gasteiger charge is -1.98. The Morgan fingerprint density at radius 1 is 1.50 bits per heavy atom. The molecular weight excluding hydrogens is 269 g/mol. The van der Waals surface area contributed by atoms with Crippen LogP contribution in [-0.2, 0) is 0 Å². The van der Waals surface area contributed by atoms with Crippen LogP contribution in [0.15, 0.2) is 6.20 Å². The van der Waals surface area contributed by atoms with Crippen molar-refractivity contribution in [3.8, 4) is 0 Å². The number of fused-ring (bicyclic) bond motifs is 1. The summed E-state index contributed by atoms with van der Waals surface area (Å²) < 4.78 is 2.50. The first-order valence-corrected chi connectivity index (χ1v) is 4.39. The van der Waals surface area contributed by atoms with Crippen molar-refractivity contribution < 1.29 is 0 Å². The topological polar surface area (TPSA) is 69.1 Å². The van der Waals surface area contributed by atoms with Gasteiger partial charge >= 0.3 is 0 Å². The molecule has 0 saturated carbocycles. The molecule has 0 aliphatic rings. The van der Waals surface area contributed by atoms with E-state index in [-0.39, 0.29) is 0 Å². The Bertz CT molecular complexity index is 435. The first kappa shape index (κ1) is 7.71. The highest BCUT2D eigenvalue weighted by atomic mass is 127. The average molecular weight is 275 g/mol. The van der Waals surface area contributed by atoms with E-state index in [2.05, 4.69) is 37.7 Å². The number of nitrogens with two attached hydrogens (primary N) is 1. The van der Waals surface area contributed by atoms with E-state index in [0.29, 0.717) is 11.8 Å². The van der Waals surface area contributed by atoms with Crippen molar-refractivity contribution in [2.45, 2.75) is 6.92 Å². The summed E-state index contributed by atoms with van der Waals surface area (Å²) >= 11 is 2.16. The summed E-state index contributed by atoms with van der Waals surface area (Å²) in [5.74, 6) is 1.04. The van der Waals surface area contributed by atoms with Crippen LogP contribution in [-0.4, -0.2) is 19.6 Å². The molecule has 0 aliphatic heterocycles. The smallest absolute Gasteiger partial charge is 0.224 e. The molecule has 62 valence electrons. The van der Waals surface area contributed by atoms with E-state index in [1.807, 2.05) is 0 Å². The van der Waals surface area contributed by atoms with Gasteiger partial charge in [-0.1, -0.05) is 0 Å². The van der Waals surface area contributed by atoms with Crippen molar-refractivity contribution in [2.75, 3.05) is 5.73 Å². The molecule has 6 heteroatoms. The fourth-order valence-electron chi connectivity index (χ4n) is 0.982. The van der Waals surface area contributed by atoms with E-state index >= 15 is 0 Å². The molecule has 2 N–H and O–H groups in total. The van der Waals surface area contributed by atoms with Crippen molar-refractivity contribution in [3.63, 3.8) is 0 Å². The minimum absolute atomic E-state index is 0.375. The maximum absolute atomic E-state index is 5.62. The summed E-state index contributed by atoms with van der Waals surface area (Å²) in [5.41, 5.74) is 6.38. The maximum atomic E-state index is 5.62. The predicted molar refractivity (Wildman–Crippen MR) is 52.6 cm³/mol. The first-order chi connectivity index (χ1) is 5.68. The van der Waals surface area contributed by atoms with Crippen LogP contribution < -0.4 is 5.73 Å². The Morgan fingerprint density at radius 2 is 2.25 bits per heavy atom. The largest absolute Gasteiger partial charge is 0.368 e. The molecule has 5 nitrogen and oxygen atoms in total. The first-order valence-electron chi connectivity index (χ1n) is 3.32. The Kier molecular flexibility index (Phi) is 1.63. The lowest BCUT2D eigenvalue weighted by molar-refractivity contribution is 0.886. The van der Waals surface area contributed by atoms with Crippen molar-refractivity contribution in [1.29, 1.82) is 0 Å². The molecule has 12 heavy (non-hydrogen) atoms. The number of nitrogens with zero attached hydrogens (tertiary/aromatic N) is 4.